The molecule has 8 heteroatoms. The monoisotopic (exact) mass is 268 g/mol. The van der Waals surface area contributed by atoms with Gasteiger partial charge in [0.1, 0.15) is 5.56 Å². The number of carbonyl (C=O) groups is 2. The van der Waals surface area contributed by atoms with E-state index in [1.807, 2.05) is 0 Å². The van der Waals surface area contributed by atoms with E-state index in [0.29, 0.717) is 0 Å². The van der Waals surface area contributed by atoms with Crippen molar-refractivity contribution in [2.75, 3.05) is 13.7 Å². The summed E-state index contributed by atoms with van der Waals surface area (Å²) in [4.78, 5) is 31.9. The first-order valence-corrected chi connectivity index (χ1v) is 5.28. The number of ether oxygens (including phenoxy) is 1. The molecule has 0 aliphatic carbocycles. The van der Waals surface area contributed by atoms with Crippen molar-refractivity contribution in [1.29, 1.82) is 0 Å². The summed E-state index contributed by atoms with van der Waals surface area (Å²) >= 11 is 0. The molecule has 8 nitrogen and oxygen atoms in total. The van der Waals surface area contributed by atoms with Crippen molar-refractivity contribution < 1.29 is 24.4 Å². The molecular formula is C11H12N2O6. The van der Waals surface area contributed by atoms with E-state index in [9.17, 15) is 19.7 Å². The van der Waals surface area contributed by atoms with Crippen molar-refractivity contribution in [3.05, 3.63) is 39.4 Å². The summed E-state index contributed by atoms with van der Waals surface area (Å²) in [6, 6.07) is 3.99. The molecule has 0 radical (unpaired) electrons. The number of nitro groups is 1. The smallest absolute Gasteiger partial charge is 0.406 e. The average molecular weight is 268 g/mol. The molecule has 1 rings (SSSR count). The van der Waals surface area contributed by atoms with Gasteiger partial charge in [-0.15, -0.1) is 0 Å². The van der Waals surface area contributed by atoms with Gasteiger partial charge >= 0.3 is 12.1 Å². The van der Waals surface area contributed by atoms with Crippen molar-refractivity contribution in [3.63, 3.8) is 0 Å². The lowest BCUT2D eigenvalue weighted by Crippen LogP contribution is -2.25. The Labute approximate surface area is 108 Å². The van der Waals surface area contributed by atoms with Crippen LogP contribution in [0.2, 0.25) is 0 Å². The molecule has 0 bridgehead atoms. The van der Waals surface area contributed by atoms with Gasteiger partial charge in [-0.3, -0.25) is 10.1 Å². The second-order valence-electron chi connectivity index (χ2n) is 3.54. The maximum absolute atomic E-state index is 11.1. The summed E-state index contributed by atoms with van der Waals surface area (Å²) in [5, 5.41) is 22.2. The second-order valence-corrected chi connectivity index (χ2v) is 3.54. The van der Waals surface area contributed by atoms with Crippen LogP contribution in [-0.4, -0.2) is 35.7 Å². The molecule has 19 heavy (non-hydrogen) atoms. The fraction of sp³-hybridized carbons (Fsp3) is 0.273. The maximum Gasteiger partial charge on any atom is 0.406 e. The Morgan fingerprint density at radius 2 is 2.16 bits per heavy atom. The molecule has 1 amide bonds. The van der Waals surface area contributed by atoms with E-state index < -0.39 is 22.7 Å². The van der Waals surface area contributed by atoms with Crippen LogP contribution in [0.15, 0.2) is 18.2 Å². The van der Waals surface area contributed by atoms with Crippen LogP contribution in [0.5, 0.6) is 0 Å². The zero-order valence-corrected chi connectivity index (χ0v) is 10.1. The Morgan fingerprint density at radius 3 is 2.68 bits per heavy atom. The number of carboxylic acids is 1. The Balaban J connectivity index is 2.94. The normalized spacial score (nSPS) is 9.74. The van der Waals surface area contributed by atoms with E-state index in [0.717, 1.165) is 6.07 Å². The molecule has 0 saturated carbocycles. The van der Waals surface area contributed by atoms with Gasteiger partial charge in [-0.25, -0.2) is 9.59 Å². The summed E-state index contributed by atoms with van der Waals surface area (Å²) in [5.74, 6) is -1.37. The summed E-state index contributed by atoms with van der Waals surface area (Å²) in [7, 11) is 1.20. The number of hydrogen-bond donors (Lipinski definition) is 2. The average Bonchev–Trinajstić information content (AvgIpc) is 2.37. The van der Waals surface area contributed by atoms with Gasteiger partial charge in [0, 0.05) is 12.6 Å². The fourth-order valence-corrected chi connectivity index (χ4v) is 1.57. The van der Waals surface area contributed by atoms with Crippen LogP contribution in [0.4, 0.5) is 10.5 Å². The Hall–Kier alpha value is -2.64. The highest BCUT2D eigenvalue weighted by atomic mass is 16.6. The first kappa shape index (κ1) is 14.4. The highest BCUT2D eigenvalue weighted by molar-refractivity contribution is 5.94. The van der Waals surface area contributed by atoms with Gasteiger partial charge in [0.25, 0.3) is 5.69 Å². The third-order valence-corrected chi connectivity index (χ3v) is 2.39. The molecule has 0 heterocycles. The lowest BCUT2D eigenvalue weighted by Gasteiger charge is -2.07. The molecule has 102 valence electrons. The van der Waals surface area contributed by atoms with E-state index in [-0.39, 0.29) is 24.1 Å². The van der Waals surface area contributed by atoms with Crippen molar-refractivity contribution in [2.45, 2.75) is 6.42 Å². The van der Waals surface area contributed by atoms with Crippen LogP contribution in [0.1, 0.15) is 15.9 Å². The summed E-state index contributed by atoms with van der Waals surface area (Å²) in [6.45, 7) is 0.119. The molecule has 2 N–H and O–H groups in total. The molecule has 0 saturated heterocycles. The number of alkyl carbamates (subject to hydrolysis) is 1. The van der Waals surface area contributed by atoms with Gasteiger partial charge in [0.2, 0.25) is 0 Å². The summed E-state index contributed by atoms with van der Waals surface area (Å²) in [5.41, 5.74) is -0.555. The molecule has 0 fully saturated rings. The fourth-order valence-electron chi connectivity index (χ4n) is 1.57. The Morgan fingerprint density at radius 1 is 1.47 bits per heavy atom. The lowest BCUT2D eigenvalue weighted by molar-refractivity contribution is -0.385. The topological polar surface area (TPSA) is 119 Å². The van der Waals surface area contributed by atoms with Crippen LogP contribution in [0, 0.1) is 10.1 Å². The molecule has 0 aliphatic heterocycles. The van der Waals surface area contributed by atoms with Gasteiger partial charge in [0.05, 0.1) is 12.0 Å². The molecule has 1 aromatic rings. The zero-order chi connectivity index (χ0) is 14.4. The molecular weight excluding hydrogens is 256 g/mol. The SMILES string of the molecule is COC(=O)NCCc1cccc([N+](=O)[O-])c1C(=O)O. The van der Waals surface area contributed by atoms with E-state index in [2.05, 4.69) is 10.1 Å². The van der Waals surface area contributed by atoms with Gasteiger partial charge in [-0.05, 0) is 12.0 Å². The van der Waals surface area contributed by atoms with E-state index in [1.165, 1.54) is 19.2 Å². The molecule has 0 aromatic heterocycles. The summed E-state index contributed by atoms with van der Waals surface area (Å²) in [6.07, 6.45) is -0.499. The highest BCUT2D eigenvalue weighted by Gasteiger charge is 2.22. The summed E-state index contributed by atoms with van der Waals surface area (Å²) < 4.78 is 4.35. The number of hydrogen-bond acceptors (Lipinski definition) is 5. The van der Waals surface area contributed by atoms with Crippen molar-refractivity contribution in [1.82, 2.24) is 5.32 Å². The number of amides is 1. The minimum atomic E-state index is -1.37. The number of carbonyl (C=O) groups excluding carboxylic acids is 1. The number of rotatable bonds is 5. The number of methoxy groups -OCH3 is 1. The van der Waals surface area contributed by atoms with E-state index in [1.54, 1.807) is 0 Å². The standard InChI is InChI=1S/C11H12N2O6/c1-19-11(16)12-6-5-7-3-2-4-8(13(17)18)9(7)10(14)15/h2-4H,5-6H2,1H3,(H,12,16)(H,14,15). The van der Waals surface area contributed by atoms with Crippen molar-refractivity contribution in [2.24, 2.45) is 0 Å². The maximum atomic E-state index is 11.1. The predicted molar refractivity (Wildman–Crippen MR) is 64.2 cm³/mol. The largest absolute Gasteiger partial charge is 0.477 e. The molecule has 0 atom stereocenters. The third-order valence-electron chi connectivity index (χ3n) is 2.39. The molecule has 0 unspecified atom stereocenters. The first-order chi connectivity index (χ1) is 8.97. The number of nitrogens with zero attached hydrogens (tertiary/aromatic N) is 1. The Bertz CT molecular complexity index is 514. The van der Waals surface area contributed by atoms with E-state index in [4.69, 9.17) is 5.11 Å². The van der Waals surface area contributed by atoms with Crippen LogP contribution in [0.25, 0.3) is 0 Å². The molecule has 0 aliphatic rings. The highest BCUT2D eigenvalue weighted by Crippen LogP contribution is 2.22. The number of carboxylic acid groups (broad SMARTS) is 1. The minimum absolute atomic E-state index is 0.119. The number of nitrogens with one attached hydrogen (secondary N) is 1. The second kappa shape index (κ2) is 6.34. The van der Waals surface area contributed by atoms with Crippen molar-refractivity contribution in [3.8, 4) is 0 Å². The van der Waals surface area contributed by atoms with E-state index >= 15 is 0 Å². The van der Waals surface area contributed by atoms with Gasteiger partial charge in [-0.1, -0.05) is 12.1 Å². The van der Waals surface area contributed by atoms with Gasteiger partial charge in [0.15, 0.2) is 0 Å². The van der Waals surface area contributed by atoms with Crippen LogP contribution >= 0.6 is 0 Å². The van der Waals surface area contributed by atoms with Gasteiger partial charge in [-0.2, -0.15) is 0 Å². The van der Waals surface area contributed by atoms with Crippen LogP contribution in [0.3, 0.4) is 0 Å². The van der Waals surface area contributed by atoms with Crippen molar-refractivity contribution >= 4 is 17.7 Å². The minimum Gasteiger partial charge on any atom is -0.477 e. The Kier molecular flexibility index (Phi) is 4.81. The van der Waals surface area contributed by atoms with Crippen LogP contribution in [-0.2, 0) is 11.2 Å². The van der Waals surface area contributed by atoms with Crippen LogP contribution < -0.4 is 5.32 Å². The molecule has 0 spiro atoms. The lowest BCUT2D eigenvalue weighted by atomic mass is 10.0. The third kappa shape index (κ3) is 3.66. The zero-order valence-electron chi connectivity index (χ0n) is 10.1. The number of nitro benzene ring substituents is 1. The first-order valence-electron chi connectivity index (χ1n) is 5.28. The molecule has 1 aromatic carbocycles. The predicted octanol–water partition coefficient (Wildman–Crippen LogP) is 1.19. The quantitative estimate of drug-likeness (QED) is 0.611. The number of aromatic carboxylic acids is 1. The number of benzene rings is 1. The van der Waals surface area contributed by atoms with Gasteiger partial charge < -0.3 is 15.2 Å².